The molecule has 0 aromatic heterocycles. The molecule has 0 heterocycles. The summed E-state index contributed by atoms with van der Waals surface area (Å²) in [5.74, 6) is 0.0694. The van der Waals surface area contributed by atoms with Crippen LogP contribution in [0.5, 0.6) is 0 Å². The fourth-order valence-corrected chi connectivity index (χ4v) is 1.71. The van der Waals surface area contributed by atoms with Crippen molar-refractivity contribution in [3.8, 4) is 0 Å². The molecule has 0 radical (unpaired) electrons. The van der Waals surface area contributed by atoms with Crippen molar-refractivity contribution in [3.63, 3.8) is 0 Å². The van der Waals surface area contributed by atoms with Gasteiger partial charge in [0, 0.05) is 0 Å². The first-order valence-corrected chi connectivity index (χ1v) is 4.42. The molecule has 0 aromatic carbocycles. The van der Waals surface area contributed by atoms with E-state index < -0.39 is 23.0 Å². The molecule has 0 aromatic rings. The minimum atomic E-state index is -0.699. The Morgan fingerprint density at radius 3 is 1.67 bits per heavy atom. The van der Waals surface area contributed by atoms with E-state index in [4.69, 9.17) is 26.6 Å². The van der Waals surface area contributed by atoms with E-state index in [0.717, 1.165) is 0 Å². The van der Waals surface area contributed by atoms with Crippen molar-refractivity contribution in [2.45, 2.75) is 25.0 Å². The first-order chi connectivity index (χ1) is 7.02. The van der Waals surface area contributed by atoms with Crippen LogP contribution in [-0.2, 0) is 9.68 Å². The van der Waals surface area contributed by atoms with Crippen molar-refractivity contribution in [1.82, 2.24) is 10.8 Å². The Balaban J connectivity index is 2.49. The van der Waals surface area contributed by atoms with Gasteiger partial charge >= 0.3 is 0 Å². The summed E-state index contributed by atoms with van der Waals surface area (Å²) in [4.78, 5) is 9.14. The molecule has 9 nitrogen and oxygen atoms in total. The van der Waals surface area contributed by atoms with E-state index in [9.17, 15) is 0 Å². The molecule has 6 N–H and O–H groups in total. The van der Waals surface area contributed by atoms with Gasteiger partial charge in [-0.05, 0) is 25.3 Å². The van der Waals surface area contributed by atoms with Crippen molar-refractivity contribution >= 4 is 0 Å². The normalized spacial score (nSPS) is 31.8. The zero-order chi connectivity index (χ0) is 11.4. The number of hydrogen-bond donors (Lipinski definition) is 5. The molecular weight excluding hydrogens is 210 g/mol. The highest BCUT2D eigenvalue weighted by Gasteiger charge is 2.38. The van der Waals surface area contributed by atoms with Crippen molar-refractivity contribution in [2.75, 3.05) is 6.54 Å². The Bertz CT molecular complexity index is 174. The minimum Gasteiger partial charge on any atom is -0.330 e. The first kappa shape index (κ1) is 12.7. The van der Waals surface area contributed by atoms with E-state index in [0.29, 0.717) is 19.4 Å². The monoisotopic (exact) mass is 225 g/mol. The molecule has 1 saturated carbocycles. The summed E-state index contributed by atoms with van der Waals surface area (Å²) < 4.78 is 0. The lowest BCUT2D eigenvalue weighted by Crippen LogP contribution is -2.35. The van der Waals surface area contributed by atoms with Crippen LogP contribution < -0.4 is 5.73 Å². The van der Waals surface area contributed by atoms with E-state index in [1.807, 2.05) is 0 Å². The summed E-state index contributed by atoms with van der Waals surface area (Å²) in [7, 11) is 0. The van der Waals surface area contributed by atoms with Gasteiger partial charge < -0.3 is 5.73 Å². The van der Waals surface area contributed by atoms with Crippen LogP contribution in [0.3, 0.4) is 0 Å². The number of nitrogens with zero attached hydrogens (tertiary/aromatic N) is 2. The maximum Gasteiger partial charge on any atom is 0.113 e. The average Bonchev–Trinajstić information content (AvgIpc) is 2.46. The second kappa shape index (κ2) is 5.65. The van der Waals surface area contributed by atoms with Gasteiger partial charge in [-0.2, -0.15) is 0 Å². The van der Waals surface area contributed by atoms with Crippen LogP contribution in [0.25, 0.3) is 0 Å². The third kappa shape index (κ3) is 3.95. The van der Waals surface area contributed by atoms with Gasteiger partial charge in [-0.3, -0.25) is 20.8 Å². The molecule has 1 unspecified atom stereocenters. The molecule has 90 valence electrons. The smallest absolute Gasteiger partial charge is 0.113 e. The van der Waals surface area contributed by atoms with Crippen LogP contribution in [0.2, 0.25) is 0 Å². The van der Waals surface area contributed by atoms with Gasteiger partial charge in [0.25, 0.3) is 0 Å². The minimum absolute atomic E-state index is 0.0694. The Morgan fingerprint density at radius 2 is 1.40 bits per heavy atom. The van der Waals surface area contributed by atoms with Gasteiger partial charge in [-0.15, -0.1) is 0 Å². The van der Waals surface area contributed by atoms with Gasteiger partial charge in [-0.25, -0.2) is 9.68 Å². The van der Waals surface area contributed by atoms with E-state index in [2.05, 4.69) is 9.68 Å². The topological polar surface area (TPSA) is 132 Å². The molecule has 0 amide bonds. The highest BCUT2D eigenvalue weighted by molar-refractivity contribution is 4.84. The van der Waals surface area contributed by atoms with Gasteiger partial charge in [0.15, 0.2) is 0 Å². The first-order valence-electron chi connectivity index (χ1n) is 4.42. The zero-order valence-corrected chi connectivity index (χ0v) is 7.93. The lowest BCUT2D eigenvalue weighted by atomic mass is 10.1. The molecule has 1 aliphatic rings. The van der Waals surface area contributed by atoms with Crippen LogP contribution in [0.15, 0.2) is 0 Å². The average molecular weight is 225 g/mol. The molecule has 1 aliphatic carbocycles. The maximum atomic E-state index is 8.46. The van der Waals surface area contributed by atoms with Gasteiger partial charge in [-0.1, -0.05) is 0 Å². The molecule has 1 rings (SSSR count). The van der Waals surface area contributed by atoms with E-state index in [1.165, 1.54) is 0 Å². The Kier molecular flexibility index (Phi) is 4.79. The second-order valence-electron chi connectivity index (χ2n) is 3.37. The lowest BCUT2D eigenvalue weighted by Gasteiger charge is -2.21. The van der Waals surface area contributed by atoms with Crippen LogP contribution in [0.1, 0.15) is 12.8 Å². The molecule has 1 fully saturated rings. The molecule has 0 saturated heterocycles. The summed E-state index contributed by atoms with van der Waals surface area (Å²) in [6.45, 7) is 0.382. The van der Waals surface area contributed by atoms with E-state index in [1.54, 1.807) is 0 Å². The fourth-order valence-electron chi connectivity index (χ4n) is 1.71. The maximum absolute atomic E-state index is 8.46. The molecule has 15 heavy (non-hydrogen) atoms. The van der Waals surface area contributed by atoms with Crippen molar-refractivity contribution in [2.24, 2.45) is 11.7 Å². The Hall–Kier alpha value is -0.360. The highest BCUT2D eigenvalue weighted by atomic mass is 17.1. The van der Waals surface area contributed by atoms with Crippen molar-refractivity contribution in [1.29, 1.82) is 0 Å². The second-order valence-corrected chi connectivity index (χ2v) is 3.37. The predicted molar refractivity (Wildman–Crippen MR) is 42.3 cm³/mol. The number of nitrogens with two attached hydrogens (primary N) is 1. The van der Waals surface area contributed by atoms with Gasteiger partial charge in [0.1, 0.15) is 12.2 Å². The fraction of sp³-hybridized carbons (Fsp3) is 1.00. The molecule has 0 spiro atoms. The summed E-state index contributed by atoms with van der Waals surface area (Å²) in [6, 6.07) is 0. The van der Waals surface area contributed by atoms with Crippen LogP contribution in [0.4, 0.5) is 0 Å². The summed E-state index contributed by atoms with van der Waals surface area (Å²) in [5.41, 5.74) is 5.43. The lowest BCUT2D eigenvalue weighted by molar-refractivity contribution is -0.535. The van der Waals surface area contributed by atoms with Crippen LogP contribution in [-0.4, -0.2) is 50.4 Å². The standard InChI is InChI=1S/C6H15N3O6/c7-3-4-1-5(14-8(10)11)6(2-4)15-9(12)13/h4-6,10-13H,1-3,7H2/t4?,5-,6+. The van der Waals surface area contributed by atoms with E-state index in [-0.39, 0.29) is 5.92 Å². The third-order valence-electron chi connectivity index (χ3n) is 2.34. The quantitative estimate of drug-likeness (QED) is 0.378. The molecular formula is C6H15N3O6. The Labute approximate surface area is 85.5 Å². The van der Waals surface area contributed by atoms with Crippen LogP contribution in [0, 0.1) is 5.92 Å². The van der Waals surface area contributed by atoms with Crippen LogP contribution >= 0.6 is 0 Å². The molecule has 3 atom stereocenters. The zero-order valence-electron chi connectivity index (χ0n) is 7.93. The van der Waals surface area contributed by atoms with Crippen molar-refractivity contribution < 1.29 is 30.5 Å². The summed E-state index contributed by atoms with van der Waals surface area (Å²) in [6.07, 6.45) is -0.523. The van der Waals surface area contributed by atoms with Gasteiger partial charge in [0.2, 0.25) is 0 Å². The number of hydrogen-bond acceptors (Lipinski definition) is 9. The number of rotatable bonds is 5. The SMILES string of the molecule is NCC1C[C@H](ON(O)O)[C@H](ON(O)O)C1. The van der Waals surface area contributed by atoms with Crippen molar-refractivity contribution in [3.05, 3.63) is 0 Å². The Morgan fingerprint density at radius 1 is 1.00 bits per heavy atom. The summed E-state index contributed by atoms with van der Waals surface area (Å²) in [5, 5.41) is 33.0. The summed E-state index contributed by atoms with van der Waals surface area (Å²) >= 11 is 0. The van der Waals surface area contributed by atoms with E-state index >= 15 is 0 Å². The third-order valence-corrected chi connectivity index (χ3v) is 2.34. The molecule has 0 bridgehead atoms. The van der Waals surface area contributed by atoms with Gasteiger partial charge in [0.05, 0.1) is 10.8 Å². The molecule has 0 aliphatic heterocycles. The highest BCUT2D eigenvalue weighted by Crippen LogP contribution is 2.30. The largest absolute Gasteiger partial charge is 0.330 e. The molecule has 9 heteroatoms. The predicted octanol–water partition coefficient (Wildman–Crippen LogP) is -0.884.